The Morgan fingerprint density at radius 1 is 1.47 bits per heavy atom. The Labute approximate surface area is 116 Å². The maximum Gasteiger partial charge on any atom is 0.243 e. The molecule has 1 aromatic heterocycles. The average Bonchev–Trinajstić information content (AvgIpc) is 2.38. The molecule has 0 radical (unpaired) electrons. The number of halogens is 1. The summed E-state index contributed by atoms with van der Waals surface area (Å²) in [6, 6.07) is 2.86. The third-order valence-corrected chi connectivity index (χ3v) is 4.88. The van der Waals surface area contributed by atoms with E-state index < -0.39 is 15.6 Å². The first-order chi connectivity index (χ1) is 8.93. The molecule has 0 bridgehead atoms. The number of hydrogen-bond donors (Lipinski definition) is 2. The Bertz CT molecular complexity index is 543. The van der Waals surface area contributed by atoms with Crippen molar-refractivity contribution in [2.24, 2.45) is 0 Å². The van der Waals surface area contributed by atoms with Crippen molar-refractivity contribution < 1.29 is 18.3 Å². The second-order valence-corrected chi connectivity index (χ2v) is 6.55. The number of ether oxygens (including phenoxy) is 1. The molecule has 0 saturated carbocycles. The van der Waals surface area contributed by atoms with Crippen LogP contribution in [0, 0.1) is 0 Å². The molecular weight excluding hydrogens is 292 g/mol. The third kappa shape index (κ3) is 3.64. The van der Waals surface area contributed by atoms with Gasteiger partial charge < -0.3 is 9.84 Å². The molecule has 106 valence electrons. The summed E-state index contributed by atoms with van der Waals surface area (Å²) in [7, 11) is -3.77. The fourth-order valence-electron chi connectivity index (χ4n) is 1.81. The van der Waals surface area contributed by atoms with E-state index >= 15 is 0 Å². The summed E-state index contributed by atoms with van der Waals surface area (Å²) < 4.78 is 31.6. The quantitative estimate of drug-likeness (QED) is 0.793. The van der Waals surface area contributed by atoms with E-state index in [4.69, 9.17) is 16.3 Å². The monoisotopic (exact) mass is 306 g/mol. The predicted molar refractivity (Wildman–Crippen MR) is 69.4 cm³/mol. The first-order valence-corrected chi connectivity index (χ1v) is 7.69. The van der Waals surface area contributed by atoms with Crippen LogP contribution in [0.3, 0.4) is 0 Å². The van der Waals surface area contributed by atoms with Crippen LogP contribution in [0.2, 0.25) is 5.15 Å². The molecule has 0 atom stereocenters. The molecule has 0 aliphatic carbocycles. The molecule has 2 heterocycles. The average molecular weight is 307 g/mol. The lowest BCUT2D eigenvalue weighted by Gasteiger charge is -2.31. The molecule has 0 unspecified atom stereocenters. The van der Waals surface area contributed by atoms with Gasteiger partial charge in [0, 0.05) is 38.8 Å². The minimum Gasteiger partial charge on any atom is -0.388 e. The lowest BCUT2D eigenvalue weighted by atomic mass is 9.95. The van der Waals surface area contributed by atoms with Gasteiger partial charge in [0.15, 0.2) is 0 Å². The molecule has 8 heteroatoms. The Morgan fingerprint density at radius 2 is 2.16 bits per heavy atom. The molecule has 0 aromatic carbocycles. The highest BCUT2D eigenvalue weighted by atomic mass is 35.5. The second kappa shape index (κ2) is 5.72. The van der Waals surface area contributed by atoms with Crippen molar-refractivity contribution >= 4 is 21.6 Å². The summed E-state index contributed by atoms with van der Waals surface area (Å²) in [5.74, 6) is 0. The lowest BCUT2D eigenvalue weighted by Crippen LogP contribution is -2.46. The molecular formula is C11H15ClN2O4S. The van der Waals surface area contributed by atoms with Gasteiger partial charge in [-0.25, -0.2) is 18.1 Å². The van der Waals surface area contributed by atoms with Crippen molar-refractivity contribution in [3.8, 4) is 0 Å². The van der Waals surface area contributed by atoms with Crippen LogP contribution in [0.15, 0.2) is 23.2 Å². The summed E-state index contributed by atoms with van der Waals surface area (Å²) in [4.78, 5) is 3.63. The van der Waals surface area contributed by atoms with Gasteiger partial charge in [-0.3, -0.25) is 0 Å². The molecule has 1 aliphatic rings. The summed E-state index contributed by atoms with van der Waals surface area (Å²) in [5.41, 5.74) is -1.07. The minimum atomic E-state index is -3.77. The fraction of sp³-hybridized carbons (Fsp3) is 0.545. The maximum absolute atomic E-state index is 12.1. The SMILES string of the molecule is O=S(=O)(NCC1(O)CCOCC1)c1cccnc1Cl. The highest BCUT2D eigenvalue weighted by Gasteiger charge is 2.32. The molecule has 1 fully saturated rings. The maximum atomic E-state index is 12.1. The number of aromatic nitrogens is 1. The van der Waals surface area contributed by atoms with Crippen LogP contribution in [0.5, 0.6) is 0 Å². The van der Waals surface area contributed by atoms with E-state index in [1.165, 1.54) is 18.3 Å². The predicted octanol–water partition coefficient (Wildman–Crippen LogP) is 0.555. The highest BCUT2D eigenvalue weighted by molar-refractivity contribution is 7.89. The standard InChI is InChI=1S/C11H15ClN2O4S/c12-10-9(2-1-5-13-10)19(16,17)14-8-11(15)3-6-18-7-4-11/h1-2,5,14-15H,3-4,6-8H2. The number of sulfonamides is 1. The van der Waals surface area contributed by atoms with Crippen LogP contribution in [-0.4, -0.2) is 43.9 Å². The third-order valence-electron chi connectivity index (χ3n) is 3.03. The number of nitrogens with one attached hydrogen (secondary N) is 1. The Morgan fingerprint density at radius 3 is 2.79 bits per heavy atom. The summed E-state index contributed by atoms with van der Waals surface area (Å²) in [5, 5.41) is 10.1. The van der Waals surface area contributed by atoms with Crippen LogP contribution in [0.1, 0.15) is 12.8 Å². The zero-order chi connectivity index (χ0) is 13.9. The lowest BCUT2D eigenvalue weighted by molar-refractivity contribution is -0.0588. The Hall–Kier alpha value is -0.730. The van der Waals surface area contributed by atoms with Gasteiger partial charge in [-0.15, -0.1) is 0 Å². The van der Waals surface area contributed by atoms with Gasteiger partial charge in [-0.2, -0.15) is 0 Å². The van der Waals surface area contributed by atoms with Gasteiger partial charge >= 0.3 is 0 Å². The zero-order valence-corrected chi connectivity index (χ0v) is 11.7. The van der Waals surface area contributed by atoms with Gasteiger partial charge in [0.25, 0.3) is 0 Å². The molecule has 6 nitrogen and oxygen atoms in total. The van der Waals surface area contributed by atoms with Crippen molar-refractivity contribution in [3.63, 3.8) is 0 Å². The van der Waals surface area contributed by atoms with Crippen LogP contribution in [0.25, 0.3) is 0 Å². The second-order valence-electron chi connectivity index (χ2n) is 4.45. The molecule has 1 aliphatic heterocycles. The van der Waals surface area contributed by atoms with Crippen molar-refractivity contribution in [1.82, 2.24) is 9.71 Å². The Balaban J connectivity index is 2.08. The number of hydrogen-bond acceptors (Lipinski definition) is 5. The summed E-state index contributed by atoms with van der Waals surface area (Å²) in [6.45, 7) is 0.779. The molecule has 1 saturated heterocycles. The number of aliphatic hydroxyl groups is 1. The van der Waals surface area contributed by atoms with E-state index in [9.17, 15) is 13.5 Å². The van der Waals surface area contributed by atoms with E-state index in [0.29, 0.717) is 26.1 Å². The zero-order valence-electron chi connectivity index (χ0n) is 10.2. The van der Waals surface area contributed by atoms with Crippen molar-refractivity contribution in [3.05, 3.63) is 23.5 Å². The summed E-state index contributed by atoms with van der Waals surface area (Å²) >= 11 is 5.75. The number of pyridine rings is 1. The first-order valence-electron chi connectivity index (χ1n) is 5.83. The molecule has 2 N–H and O–H groups in total. The molecule has 19 heavy (non-hydrogen) atoms. The van der Waals surface area contributed by atoms with Crippen LogP contribution >= 0.6 is 11.6 Å². The van der Waals surface area contributed by atoms with E-state index in [-0.39, 0.29) is 16.6 Å². The molecule has 1 aromatic rings. The fourth-order valence-corrected chi connectivity index (χ4v) is 3.38. The topological polar surface area (TPSA) is 88.5 Å². The van der Waals surface area contributed by atoms with Gasteiger partial charge in [0.2, 0.25) is 10.0 Å². The van der Waals surface area contributed by atoms with Crippen molar-refractivity contribution in [1.29, 1.82) is 0 Å². The van der Waals surface area contributed by atoms with Crippen LogP contribution < -0.4 is 4.72 Å². The van der Waals surface area contributed by atoms with Crippen molar-refractivity contribution in [2.45, 2.75) is 23.3 Å². The normalized spacial score (nSPS) is 19.3. The van der Waals surface area contributed by atoms with E-state index in [2.05, 4.69) is 9.71 Å². The first kappa shape index (κ1) is 14.7. The van der Waals surface area contributed by atoms with Gasteiger partial charge in [-0.05, 0) is 12.1 Å². The number of nitrogens with zero attached hydrogens (tertiary/aromatic N) is 1. The van der Waals surface area contributed by atoms with E-state index in [1.54, 1.807) is 0 Å². The van der Waals surface area contributed by atoms with E-state index in [1.807, 2.05) is 0 Å². The van der Waals surface area contributed by atoms with E-state index in [0.717, 1.165) is 0 Å². The van der Waals surface area contributed by atoms with Gasteiger partial charge in [0.1, 0.15) is 10.0 Å². The molecule has 2 rings (SSSR count). The van der Waals surface area contributed by atoms with Gasteiger partial charge in [0.05, 0.1) is 5.60 Å². The summed E-state index contributed by atoms with van der Waals surface area (Å²) in [6.07, 6.45) is 2.21. The van der Waals surface area contributed by atoms with Crippen molar-refractivity contribution in [2.75, 3.05) is 19.8 Å². The minimum absolute atomic E-state index is 0.0656. The largest absolute Gasteiger partial charge is 0.388 e. The number of rotatable bonds is 4. The van der Waals surface area contributed by atoms with Gasteiger partial charge in [-0.1, -0.05) is 11.6 Å². The Kier molecular flexibility index (Phi) is 4.42. The highest BCUT2D eigenvalue weighted by Crippen LogP contribution is 2.22. The van der Waals surface area contributed by atoms with Crippen LogP contribution in [-0.2, 0) is 14.8 Å². The smallest absolute Gasteiger partial charge is 0.243 e. The van der Waals surface area contributed by atoms with Crippen LogP contribution in [0.4, 0.5) is 0 Å². The molecule has 0 amide bonds. The molecule has 0 spiro atoms.